The Morgan fingerprint density at radius 1 is 1.44 bits per heavy atom. The number of hydrogen-bond donors (Lipinski definition) is 0. The van der Waals surface area contributed by atoms with Gasteiger partial charge in [-0.3, -0.25) is 10.1 Å². The summed E-state index contributed by atoms with van der Waals surface area (Å²) < 4.78 is 4.52. The van der Waals surface area contributed by atoms with Gasteiger partial charge in [-0.05, 0) is 18.6 Å². The average Bonchev–Trinajstić information content (AvgIpc) is 2.28. The summed E-state index contributed by atoms with van der Waals surface area (Å²) >= 11 is 0. The summed E-state index contributed by atoms with van der Waals surface area (Å²) in [6, 6.07) is 4.13. The fourth-order valence-electron chi connectivity index (χ4n) is 1.26. The van der Waals surface area contributed by atoms with Crippen LogP contribution in [-0.2, 0) is 4.74 Å². The Labute approximate surface area is 92.5 Å². The van der Waals surface area contributed by atoms with Gasteiger partial charge in [0.15, 0.2) is 0 Å². The molecule has 0 atom stereocenters. The van der Waals surface area contributed by atoms with E-state index in [1.54, 1.807) is 25.1 Å². The highest BCUT2D eigenvalue weighted by Crippen LogP contribution is 2.18. The lowest BCUT2D eigenvalue weighted by Crippen LogP contribution is -2.02. The molecule has 0 aliphatic carbocycles. The molecular weight excluding hydrogens is 210 g/mol. The summed E-state index contributed by atoms with van der Waals surface area (Å²) in [6.45, 7) is 1.79. The van der Waals surface area contributed by atoms with E-state index in [1.165, 1.54) is 19.2 Å². The third-order valence-corrected chi connectivity index (χ3v) is 1.93. The summed E-state index contributed by atoms with van der Waals surface area (Å²) in [5.74, 6) is -0.588. The lowest BCUT2D eigenvalue weighted by molar-refractivity contribution is -0.384. The number of allylic oxidation sites excluding steroid dienone is 1. The van der Waals surface area contributed by atoms with E-state index < -0.39 is 10.9 Å². The van der Waals surface area contributed by atoms with Crippen LogP contribution in [0.25, 0.3) is 6.08 Å². The van der Waals surface area contributed by atoms with Crippen LogP contribution in [0.1, 0.15) is 22.8 Å². The molecule has 84 valence electrons. The summed E-state index contributed by atoms with van der Waals surface area (Å²) in [6.07, 6.45) is 3.42. The molecule has 0 saturated heterocycles. The predicted molar refractivity (Wildman–Crippen MR) is 59.1 cm³/mol. The van der Waals surface area contributed by atoms with Crippen molar-refractivity contribution in [3.63, 3.8) is 0 Å². The minimum Gasteiger partial charge on any atom is -0.465 e. The van der Waals surface area contributed by atoms with E-state index in [0.717, 1.165) is 0 Å². The summed E-state index contributed by atoms with van der Waals surface area (Å²) in [7, 11) is 1.23. The molecule has 1 aromatic carbocycles. The van der Waals surface area contributed by atoms with Crippen LogP contribution in [0.2, 0.25) is 0 Å². The summed E-state index contributed by atoms with van der Waals surface area (Å²) in [5.41, 5.74) is 0.637. The van der Waals surface area contributed by atoms with Crippen molar-refractivity contribution < 1.29 is 14.5 Å². The fraction of sp³-hybridized carbons (Fsp3) is 0.182. The highest BCUT2D eigenvalue weighted by Gasteiger charge is 2.13. The highest BCUT2D eigenvalue weighted by molar-refractivity contribution is 5.91. The number of methoxy groups -OCH3 is 1. The number of ether oxygens (including phenoxy) is 1. The van der Waals surface area contributed by atoms with Crippen LogP contribution in [0.4, 0.5) is 5.69 Å². The van der Waals surface area contributed by atoms with Crippen molar-refractivity contribution in [3.8, 4) is 0 Å². The Morgan fingerprint density at radius 3 is 2.62 bits per heavy atom. The number of esters is 1. The number of nitrogens with zero attached hydrogens (tertiary/aromatic N) is 1. The number of carbonyl (C=O) groups is 1. The molecule has 0 aliphatic rings. The number of hydrogen-bond acceptors (Lipinski definition) is 4. The molecule has 0 saturated carbocycles. The zero-order chi connectivity index (χ0) is 12.1. The first-order valence-corrected chi connectivity index (χ1v) is 4.59. The van der Waals surface area contributed by atoms with Crippen molar-refractivity contribution in [2.24, 2.45) is 0 Å². The van der Waals surface area contributed by atoms with Gasteiger partial charge in [-0.2, -0.15) is 0 Å². The molecule has 0 fully saturated rings. The van der Waals surface area contributed by atoms with Gasteiger partial charge in [-0.25, -0.2) is 4.79 Å². The molecule has 0 N–H and O–H groups in total. The standard InChI is InChI=1S/C11H11NO4/c1-3-4-8-5-9(11(13)16-2)7-10(6-8)12(14)15/h3-7H,1-2H3/b4-3-. The zero-order valence-electron chi connectivity index (χ0n) is 8.97. The first kappa shape index (κ1) is 11.9. The van der Waals surface area contributed by atoms with E-state index in [4.69, 9.17) is 0 Å². The Kier molecular flexibility index (Phi) is 3.77. The Hall–Kier alpha value is -2.17. The molecule has 0 heterocycles. The second-order valence-corrected chi connectivity index (χ2v) is 3.06. The first-order chi connectivity index (χ1) is 7.58. The van der Waals surface area contributed by atoms with Crippen molar-refractivity contribution in [1.82, 2.24) is 0 Å². The Bertz CT molecular complexity index is 451. The van der Waals surface area contributed by atoms with Gasteiger partial charge >= 0.3 is 5.97 Å². The second kappa shape index (κ2) is 5.06. The van der Waals surface area contributed by atoms with Crippen molar-refractivity contribution in [2.75, 3.05) is 7.11 Å². The molecule has 0 unspecified atom stereocenters. The van der Waals surface area contributed by atoms with Gasteiger partial charge in [0.25, 0.3) is 5.69 Å². The molecule has 0 spiro atoms. The van der Waals surface area contributed by atoms with Crippen LogP contribution >= 0.6 is 0 Å². The average molecular weight is 221 g/mol. The lowest BCUT2D eigenvalue weighted by atomic mass is 10.1. The number of rotatable bonds is 3. The van der Waals surface area contributed by atoms with Crippen molar-refractivity contribution in [2.45, 2.75) is 6.92 Å². The van der Waals surface area contributed by atoms with E-state index in [2.05, 4.69) is 4.74 Å². The van der Waals surface area contributed by atoms with Gasteiger partial charge in [-0.15, -0.1) is 0 Å². The molecule has 5 heteroatoms. The minimum absolute atomic E-state index is 0.129. The van der Waals surface area contributed by atoms with Crippen LogP contribution in [-0.4, -0.2) is 18.0 Å². The number of benzene rings is 1. The van der Waals surface area contributed by atoms with Crippen LogP contribution in [0.5, 0.6) is 0 Å². The smallest absolute Gasteiger partial charge is 0.338 e. The normalized spacial score (nSPS) is 10.4. The van der Waals surface area contributed by atoms with E-state index >= 15 is 0 Å². The van der Waals surface area contributed by atoms with Crippen LogP contribution in [0, 0.1) is 10.1 Å². The SMILES string of the molecule is C/C=C\c1cc(C(=O)OC)cc([N+](=O)[O-])c1. The van der Waals surface area contributed by atoms with Gasteiger partial charge < -0.3 is 4.74 Å². The quantitative estimate of drug-likeness (QED) is 0.446. The second-order valence-electron chi connectivity index (χ2n) is 3.06. The molecule has 0 radical (unpaired) electrons. The molecule has 0 amide bonds. The van der Waals surface area contributed by atoms with Gasteiger partial charge in [0.05, 0.1) is 17.6 Å². The van der Waals surface area contributed by atoms with Crippen LogP contribution in [0.3, 0.4) is 0 Å². The largest absolute Gasteiger partial charge is 0.465 e. The monoisotopic (exact) mass is 221 g/mol. The minimum atomic E-state index is -0.588. The van der Waals surface area contributed by atoms with E-state index in [0.29, 0.717) is 5.56 Å². The molecule has 0 bridgehead atoms. The molecular formula is C11H11NO4. The first-order valence-electron chi connectivity index (χ1n) is 4.59. The molecule has 1 rings (SSSR count). The maximum Gasteiger partial charge on any atom is 0.338 e. The zero-order valence-corrected chi connectivity index (χ0v) is 8.97. The van der Waals surface area contributed by atoms with Crippen molar-refractivity contribution >= 4 is 17.7 Å². The van der Waals surface area contributed by atoms with E-state index in [9.17, 15) is 14.9 Å². The number of carbonyl (C=O) groups excluding carboxylic acids is 1. The number of nitro groups is 1. The van der Waals surface area contributed by atoms with Crippen LogP contribution in [0.15, 0.2) is 24.3 Å². The Morgan fingerprint density at radius 2 is 2.12 bits per heavy atom. The molecule has 0 aliphatic heterocycles. The maximum atomic E-state index is 11.3. The summed E-state index contributed by atoms with van der Waals surface area (Å²) in [5, 5.41) is 10.6. The third-order valence-electron chi connectivity index (χ3n) is 1.93. The third kappa shape index (κ3) is 2.66. The Balaban J connectivity index is 3.29. The van der Waals surface area contributed by atoms with Crippen LogP contribution < -0.4 is 0 Å². The summed E-state index contributed by atoms with van der Waals surface area (Å²) in [4.78, 5) is 21.4. The highest BCUT2D eigenvalue weighted by atomic mass is 16.6. The van der Waals surface area contributed by atoms with Crippen molar-refractivity contribution in [1.29, 1.82) is 0 Å². The molecule has 16 heavy (non-hydrogen) atoms. The van der Waals surface area contributed by atoms with Gasteiger partial charge in [0.2, 0.25) is 0 Å². The molecule has 0 aromatic heterocycles. The molecule has 1 aromatic rings. The van der Waals surface area contributed by atoms with Gasteiger partial charge in [0, 0.05) is 12.1 Å². The lowest BCUT2D eigenvalue weighted by Gasteiger charge is -2.01. The van der Waals surface area contributed by atoms with Gasteiger partial charge in [-0.1, -0.05) is 12.2 Å². The predicted octanol–water partition coefficient (Wildman–Crippen LogP) is 2.41. The number of non-ortho nitro benzene ring substituents is 1. The fourth-order valence-corrected chi connectivity index (χ4v) is 1.26. The van der Waals surface area contributed by atoms with E-state index in [1.807, 2.05) is 0 Å². The maximum absolute atomic E-state index is 11.3. The van der Waals surface area contributed by atoms with E-state index in [-0.39, 0.29) is 11.3 Å². The number of nitro benzene ring substituents is 1. The van der Waals surface area contributed by atoms with Gasteiger partial charge in [0.1, 0.15) is 0 Å². The topological polar surface area (TPSA) is 69.4 Å². The van der Waals surface area contributed by atoms with Crippen molar-refractivity contribution in [3.05, 3.63) is 45.5 Å². The molecule has 5 nitrogen and oxygen atoms in total.